The number of likely N-dealkylation sites (tertiary alicyclic amines) is 1. The second kappa shape index (κ2) is 9.24. The zero-order chi connectivity index (χ0) is 21.9. The number of rotatable bonds is 5. The molecule has 0 spiro atoms. The summed E-state index contributed by atoms with van der Waals surface area (Å²) in [5, 5.41) is 8.21. The third kappa shape index (κ3) is 4.46. The lowest BCUT2D eigenvalue weighted by atomic mass is 9.95. The van der Waals surface area contributed by atoms with E-state index in [1.54, 1.807) is 0 Å². The van der Waals surface area contributed by atoms with Gasteiger partial charge in [0, 0.05) is 38.8 Å². The number of aryl methyl sites for hydroxylation is 1. The van der Waals surface area contributed by atoms with Gasteiger partial charge in [0.1, 0.15) is 17.5 Å². The van der Waals surface area contributed by atoms with Crippen molar-refractivity contribution in [1.29, 1.82) is 0 Å². The van der Waals surface area contributed by atoms with Crippen LogP contribution in [-0.4, -0.2) is 58.2 Å². The molecule has 0 bridgehead atoms. The largest absolute Gasteiger partial charge is 0.355 e. The highest BCUT2D eigenvalue weighted by Crippen LogP contribution is 2.29. The molecule has 0 saturated carbocycles. The Kier molecular flexibility index (Phi) is 6.03. The molecule has 1 atom stereocenters. The van der Waals surface area contributed by atoms with Crippen LogP contribution in [0.5, 0.6) is 0 Å². The number of benzene rings is 1. The van der Waals surface area contributed by atoms with Crippen molar-refractivity contribution in [3.05, 3.63) is 47.9 Å². The van der Waals surface area contributed by atoms with Gasteiger partial charge in [-0.1, -0.05) is 35.5 Å². The molecule has 4 heterocycles. The van der Waals surface area contributed by atoms with Crippen molar-refractivity contribution in [3.63, 3.8) is 0 Å². The molecule has 8 heteroatoms. The van der Waals surface area contributed by atoms with E-state index in [9.17, 15) is 4.79 Å². The van der Waals surface area contributed by atoms with Gasteiger partial charge >= 0.3 is 0 Å². The normalized spacial score (nSPS) is 20.5. The van der Waals surface area contributed by atoms with E-state index in [2.05, 4.69) is 60.6 Å². The number of anilines is 1. The fourth-order valence-corrected chi connectivity index (χ4v) is 4.92. The number of hydrogen-bond acceptors (Lipinski definition) is 7. The van der Waals surface area contributed by atoms with Crippen LogP contribution >= 0.6 is 0 Å². The summed E-state index contributed by atoms with van der Waals surface area (Å²) in [5.74, 6) is 0.959. The fourth-order valence-electron chi connectivity index (χ4n) is 4.92. The van der Waals surface area contributed by atoms with E-state index in [0.717, 1.165) is 68.8 Å². The number of nitrogens with zero attached hydrogens (tertiary/aromatic N) is 5. The van der Waals surface area contributed by atoms with E-state index in [-0.39, 0.29) is 17.9 Å². The molecule has 1 amide bonds. The number of fused-ring (bicyclic) bond motifs is 1. The van der Waals surface area contributed by atoms with E-state index in [4.69, 9.17) is 4.52 Å². The SMILES string of the molecule is Cc1noc2ncnc(N3CCC[C@H](C(=O)NC4CCN(Cc5ccccc5)CC4)C3)c12. The maximum Gasteiger partial charge on any atom is 0.263 e. The third-order valence-electron chi connectivity index (χ3n) is 6.70. The van der Waals surface area contributed by atoms with Gasteiger partial charge < -0.3 is 14.7 Å². The van der Waals surface area contributed by atoms with Crippen molar-refractivity contribution in [2.75, 3.05) is 31.1 Å². The van der Waals surface area contributed by atoms with Crippen molar-refractivity contribution in [1.82, 2.24) is 25.3 Å². The average Bonchev–Trinajstić information content (AvgIpc) is 3.22. The average molecular weight is 435 g/mol. The number of piperidine rings is 2. The molecule has 3 aromatic rings. The van der Waals surface area contributed by atoms with Gasteiger partial charge in [0.2, 0.25) is 5.91 Å². The number of carbonyl (C=O) groups is 1. The lowest BCUT2D eigenvalue weighted by Gasteiger charge is -2.36. The molecule has 0 aliphatic carbocycles. The molecule has 2 aliphatic rings. The summed E-state index contributed by atoms with van der Waals surface area (Å²) in [6, 6.07) is 10.8. The van der Waals surface area contributed by atoms with Crippen molar-refractivity contribution in [3.8, 4) is 0 Å². The van der Waals surface area contributed by atoms with Crippen molar-refractivity contribution in [2.24, 2.45) is 5.92 Å². The molecule has 1 N–H and O–H groups in total. The second-order valence-electron chi connectivity index (χ2n) is 8.98. The number of hydrogen-bond donors (Lipinski definition) is 1. The lowest BCUT2D eigenvalue weighted by Crippen LogP contribution is -2.49. The molecule has 1 aromatic carbocycles. The summed E-state index contributed by atoms with van der Waals surface area (Å²) in [7, 11) is 0. The first-order chi connectivity index (χ1) is 15.7. The molecule has 2 fully saturated rings. The Labute approximate surface area is 188 Å². The van der Waals surface area contributed by atoms with Gasteiger partial charge in [0.05, 0.1) is 11.6 Å². The van der Waals surface area contributed by atoms with Gasteiger partial charge in [0.25, 0.3) is 5.71 Å². The Hall–Kier alpha value is -3.00. The minimum absolute atomic E-state index is 0.0312. The highest BCUT2D eigenvalue weighted by molar-refractivity contribution is 5.88. The van der Waals surface area contributed by atoms with Gasteiger partial charge in [-0.05, 0) is 38.2 Å². The van der Waals surface area contributed by atoms with Crippen LogP contribution in [0, 0.1) is 12.8 Å². The first kappa shape index (κ1) is 20.9. The molecule has 168 valence electrons. The second-order valence-corrected chi connectivity index (χ2v) is 8.98. The van der Waals surface area contributed by atoms with Gasteiger partial charge in [-0.3, -0.25) is 9.69 Å². The topological polar surface area (TPSA) is 87.4 Å². The van der Waals surface area contributed by atoms with Crippen molar-refractivity contribution >= 4 is 22.8 Å². The van der Waals surface area contributed by atoms with Crippen LogP contribution in [0.3, 0.4) is 0 Å². The molecule has 2 aromatic heterocycles. The Balaban J connectivity index is 1.16. The Morgan fingerprint density at radius 3 is 2.75 bits per heavy atom. The van der Waals surface area contributed by atoms with Crippen molar-refractivity contribution < 1.29 is 9.32 Å². The van der Waals surface area contributed by atoms with E-state index in [1.807, 2.05) is 6.92 Å². The van der Waals surface area contributed by atoms with Crippen LogP contribution in [-0.2, 0) is 11.3 Å². The molecule has 0 radical (unpaired) electrons. The maximum absolute atomic E-state index is 13.1. The van der Waals surface area contributed by atoms with Crippen LogP contribution in [0.2, 0.25) is 0 Å². The first-order valence-corrected chi connectivity index (χ1v) is 11.6. The summed E-state index contributed by atoms with van der Waals surface area (Å²) in [6.07, 6.45) is 5.38. The number of carbonyl (C=O) groups excluding carboxylic acids is 1. The predicted octanol–water partition coefficient (Wildman–Crippen LogP) is 2.92. The van der Waals surface area contributed by atoms with Gasteiger partial charge in [-0.15, -0.1) is 0 Å². The monoisotopic (exact) mass is 434 g/mol. The summed E-state index contributed by atoms with van der Waals surface area (Å²) in [5.41, 5.74) is 2.63. The van der Waals surface area contributed by atoms with Crippen LogP contribution in [0.1, 0.15) is 36.9 Å². The minimum Gasteiger partial charge on any atom is -0.355 e. The Morgan fingerprint density at radius 2 is 1.94 bits per heavy atom. The molecule has 2 aliphatic heterocycles. The van der Waals surface area contributed by atoms with E-state index in [0.29, 0.717) is 12.3 Å². The Bertz CT molecular complexity index is 1060. The lowest BCUT2D eigenvalue weighted by molar-refractivity contribution is -0.126. The Morgan fingerprint density at radius 1 is 1.12 bits per heavy atom. The highest BCUT2D eigenvalue weighted by Gasteiger charge is 2.30. The summed E-state index contributed by atoms with van der Waals surface area (Å²) >= 11 is 0. The van der Waals surface area contributed by atoms with Crippen molar-refractivity contribution in [2.45, 2.75) is 45.2 Å². The zero-order valence-corrected chi connectivity index (χ0v) is 18.5. The van der Waals surface area contributed by atoms with Crippen LogP contribution in [0.25, 0.3) is 11.1 Å². The fraction of sp³-hybridized carbons (Fsp3) is 0.500. The molecular weight excluding hydrogens is 404 g/mol. The smallest absolute Gasteiger partial charge is 0.263 e. The van der Waals surface area contributed by atoms with Crippen LogP contribution < -0.4 is 10.2 Å². The number of nitrogens with one attached hydrogen (secondary N) is 1. The summed E-state index contributed by atoms with van der Waals surface area (Å²) < 4.78 is 5.29. The quantitative estimate of drug-likeness (QED) is 0.661. The van der Waals surface area contributed by atoms with E-state index in [1.165, 1.54) is 11.9 Å². The molecular formula is C24H30N6O2. The molecule has 0 unspecified atom stereocenters. The summed E-state index contributed by atoms with van der Waals surface area (Å²) in [4.78, 5) is 26.4. The van der Waals surface area contributed by atoms with E-state index >= 15 is 0 Å². The van der Waals surface area contributed by atoms with Crippen LogP contribution in [0.15, 0.2) is 41.2 Å². The predicted molar refractivity (Wildman–Crippen MR) is 122 cm³/mol. The van der Waals surface area contributed by atoms with Gasteiger partial charge in [-0.25, -0.2) is 4.98 Å². The molecule has 32 heavy (non-hydrogen) atoms. The molecule has 8 nitrogen and oxygen atoms in total. The summed E-state index contributed by atoms with van der Waals surface area (Å²) in [6.45, 7) is 6.45. The van der Waals surface area contributed by atoms with Gasteiger partial charge in [0.15, 0.2) is 0 Å². The maximum atomic E-state index is 13.1. The third-order valence-corrected chi connectivity index (χ3v) is 6.70. The minimum atomic E-state index is -0.0312. The van der Waals surface area contributed by atoms with Crippen LogP contribution in [0.4, 0.5) is 5.82 Å². The molecule has 5 rings (SSSR count). The standard InChI is InChI=1S/C24H30N6O2/c1-17-21-22(25-16-26-24(21)32-28-17)30-11-5-8-19(15-30)23(31)27-20-9-12-29(13-10-20)14-18-6-3-2-4-7-18/h2-4,6-7,16,19-20H,5,8-15H2,1H3,(H,27,31)/t19-/m0/s1. The number of aromatic nitrogens is 3. The first-order valence-electron chi connectivity index (χ1n) is 11.6. The van der Waals surface area contributed by atoms with Gasteiger partial charge in [-0.2, -0.15) is 4.98 Å². The van der Waals surface area contributed by atoms with E-state index < -0.39 is 0 Å². The molecule has 2 saturated heterocycles. The highest BCUT2D eigenvalue weighted by atomic mass is 16.5. The number of amides is 1. The zero-order valence-electron chi connectivity index (χ0n) is 18.5.